The lowest BCUT2D eigenvalue weighted by Crippen LogP contribution is -2.37. The first kappa shape index (κ1) is 18.6. The van der Waals surface area contributed by atoms with Crippen LogP contribution in [0.1, 0.15) is 38.0 Å². The second kappa shape index (κ2) is 9.47. The lowest BCUT2D eigenvalue weighted by molar-refractivity contribution is -0.119. The molecule has 3 rings (SSSR count). The summed E-state index contributed by atoms with van der Waals surface area (Å²) in [4.78, 5) is 12.0. The van der Waals surface area contributed by atoms with Gasteiger partial charge in [-0.1, -0.05) is 43.2 Å². The van der Waals surface area contributed by atoms with Crippen LogP contribution in [0.4, 0.5) is 0 Å². The Morgan fingerprint density at radius 2 is 2.00 bits per heavy atom. The molecule has 1 aliphatic carbocycles. The summed E-state index contributed by atoms with van der Waals surface area (Å²) in [5.74, 6) is 1.87. The average Bonchev–Trinajstić information content (AvgIpc) is 3.14. The van der Waals surface area contributed by atoms with Crippen LogP contribution >= 0.6 is 11.8 Å². The maximum atomic E-state index is 12.0. The van der Waals surface area contributed by atoms with Crippen molar-refractivity contribution in [3.63, 3.8) is 0 Å². The molecule has 8 heteroatoms. The van der Waals surface area contributed by atoms with Crippen LogP contribution in [0.25, 0.3) is 0 Å². The minimum atomic E-state index is 0.00641. The zero-order valence-electron chi connectivity index (χ0n) is 14.8. The second-order valence-corrected chi connectivity index (χ2v) is 7.02. The molecule has 7 nitrogen and oxygen atoms in total. The number of hydrogen-bond acceptors (Lipinski definition) is 7. The van der Waals surface area contributed by atoms with Crippen LogP contribution in [0.3, 0.4) is 0 Å². The van der Waals surface area contributed by atoms with E-state index in [0.29, 0.717) is 28.7 Å². The molecular formula is C18H23N3O4S. The second-order valence-electron chi connectivity index (χ2n) is 6.09. The Hall–Kier alpha value is -2.22. The Bertz CT molecular complexity index is 716. The molecule has 1 aliphatic rings. The van der Waals surface area contributed by atoms with Gasteiger partial charge in [0.05, 0.1) is 12.9 Å². The van der Waals surface area contributed by atoms with Gasteiger partial charge in [-0.3, -0.25) is 4.79 Å². The van der Waals surface area contributed by atoms with Gasteiger partial charge in [0.25, 0.3) is 11.1 Å². The number of nitrogens with zero attached hydrogens (tertiary/aromatic N) is 2. The van der Waals surface area contributed by atoms with E-state index in [0.717, 1.165) is 12.8 Å². The van der Waals surface area contributed by atoms with Crippen molar-refractivity contribution in [2.75, 3.05) is 12.9 Å². The molecule has 0 unspecified atom stereocenters. The molecule has 0 atom stereocenters. The number of thioether (sulfide) groups is 1. The van der Waals surface area contributed by atoms with Crippen LogP contribution in [0.5, 0.6) is 11.5 Å². The van der Waals surface area contributed by atoms with Gasteiger partial charge in [0, 0.05) is 6.04 Å². The van der Waals surface area contributed by atoms with Gasteiger partial charge in [0.15, 0.2) is 18.1 Å². The van der Waals surface area contributed by atoms with Gasteiger partial charge in [0.1, 0.15) is 0 Å². The number of hydrogen-bond donors (Lipinski definition) is 1. The molecule has 0 bridgehead atoms. The van der Waals surface area contributed by atoms with E-state index < -0.39 is 0 Å². The molecule has 2 aromatic rings. The molecule has 1 heterocycles. The molecule has 1 fully saturated rings. The van der Waals surface area contributed by atoms with E-state index in [9.17, 15) is 4.79 Å². The summed E-state index contributed by atoms with van der Waals surface area (Å²) in [5.41, 5.74) is 0. The molecule has 1 N–H and O–H groups in total. The molecule has 26 heavy (non-hydrogen) atoms. The predicted octanol–water partition coefficient (Wildman–Crippen LogP) is 3.20. The lowest BCUT2D eigenvalue weighted by atomic mass is 9.95. The first-order valence-corrected chi connectivity index (χ1v) is 9.73. The predicted molar refractivity (Wildman–Crippen MR) is 97.4 cm³/mol. The average molecular weight is 377 g/mol. The highest BCUT2D eigenvalue weighted by atomic mass is 32.2. The smallest absolute Gasteiger partial charge is 0.277 e. The number of carbonyl (C=O) groups excluding carboxylic acids is 1. The fourth-order valence-corrected chi connectivity index (χ4v) is 3.47. The largest absolute Gasteiger partial charge is 0.493 e. The van der Waals surface area contributed by atoms with Crippen LogP contribution in [0.2, 0.25) is 0 Å². The summed E-state index contributed by atoms with van der Waals surface area (Å²) in [7, 11) is 1.59. The van der Waals surface area contributed by atoms with Crippen molar-refractivity contribution in [3.05, 3.63) is 30.2 Å². The maximum Gasteiger partial charge on any atom is 0.277 e. The number of carbonyl (C=O) groups is 1. The highest BCUT2D eigenvalue weighted by molar-refractivity contribution is 7.99. The molecular weight excluding hydrogens is 354 g/mol. The van der Waals surface area contributed by atoms with Gasteiger partial charge in [-0.05, 0) is 25.0 Å². The Morgan fingerprint density at radius 1 is 1.23 bits per heavy atom. The fraction of sp³-hybridized carbons (Fsp3) is 0.500. The fourth-order valence-electron chi connectivity index (χ4n) is 2.88. The minimum absolute atomic E-state index is 0.00641. The summed E-state index contributed by atoms with van der Waals surface area (Å²) < 4.78 is 16.4. The van der Waals surface area contributed by atoms with Gasteiger partial charge in [-0.2, -0.15) is 0 Å². The van der Waals surface area contributed by atoms with Crippen molar-refractivity contribution in [2.45, 2.75) is 50.0 Å². The van der Waals surface area contributed by atoms with E-state index in [1.54, 1.807) is 13.2 Å². The molecule has 1 aromatic carbocycles. The number of ether oxygens (including phenoxy) is 2. The summed E-state index contributed by atoms with van der Waals surface area (Å²) in [6.07, 6.45) is 5.79. The summed E-state index contributed by atoms with van der Waals surface area (Å²) in [6, 6.07) is 7.66. The van der Waals surface area contributed by atoms with Crippen LogP contribution in [-0.2, 0) is 11.4 Å². The van der Waals surface area contributed by atoms with Crippen LogP contribution in [0.15, 0.2) is 33.9 Å². The molecule has 1 amide bonds. The van der Waals surface area contributed by atoms with Crippen molar-refractivity contribution in [1.29, 1.82) is 0 Å². The van der Waals surface area contributed by atoms with E-state index >= 15 is 0 Å². The number of rotatable bonds is 8. The Morgan fingerprint density at radius 3 is 2.77 bits per heavy atom. The number of para-hydroxylation sites is 2. The van der Waals surface area contributed by atoms with Crippen molar-refractivity contribution in [3.8, 4) is 11.5 Å². The third kappa shape index (κ3) is 5.39. The maximum absolute atomic E-state index is 12.0. The Kier molecular flexibility index (Phi) is 6.76. The van der Waals surface area contributed by atoms with Gasteiger partial charge >= 0.3 is 0 Å². The van der Waals surface area contributed by atoms with Gasteiger partial charge in [-0.15, -0.1) is 10.2 Å². The summed E-state index contributed by atoms with van der Waals surface area (Å²) in [5, 5.41) is 11.3. The lowest BCUT2D eigenvalue weighted by Gasteiger charge is -2.22. The van der Waals surface area contributed by atoms with E-state index in [-0.39, 0.29) is 18.3 Å². The van der Waals surface area contributed by atoms with E-state index in [1.165, 1.54) is 31.0 Å². The van der Waals surface area contributed by atoms with Crippen molar-refractivity contribution >= 4 is 17.7 Å². The molecule has 140 valence electrons. The molecule has 0 saturated heterocycles. The highest BCUT2D eigenvalue weighted by Crippen LogP contribution is 2.27. The standard InChI is InChI=1S/C18H23N3O4S/c1-23-14-9-5-6-10-15(14)24-11-17-20-21-18(25-17)26-12-16(22)19-13-7-3-2-4-8-13/h5-6,9-10,13H,2-4,7-8,11-12H2,1H3,(H,19,22). The number of methoxy groups -OCH3 is 1. The minimum Gasteiger partial charge on any atom is -0.493 e. The first-order chi connectivity index (χ1) is 12.7. The zero-order valence-corrected chi connectivity index (χ0v) is 15.6. The SMILES string of the molecule is COc1ccccc1OCc1nnc(SCC(=O)NC2CCCCC2)o1. The monoisotopic (exact) mass is 377 g/mol. The Labute approximate surface area is 156 Å². The number of aromatic nitrogens is 2. The third-order valence-electron chi connectivity index (χ3n) is 4.17. The molecule has 0 aliphatic heterocycles. The van der Waals surface area contributed by atoms with Gasteiger partial charge < -0.3 is 19.2 Å². The third-order valence-corrected chi connectivity index (χ3v) is 4.98. The molecule has 1 saturated carbocycles. The van der Waals surface area contributed by atoms with Gasteiger partial charge in [-0.25, -0.2) is 0 Å². The number of amides is 1. The van der Waals surface area contributed by atoms with Crippen LogP contribution in [-0.4, -0.2) is 35.0 Å². The highest BCUT2D eigenvalue weighted by Gasteiger charge is 2.17. The van der Waals surface area contributed by atoms with Crippen LogP contribution < -0.4 is 14.8 Å². The van der Waals surface area contributed by atoms with E-state index in [2.05, 4.69) is 15.5 Å². The normalized spacial score (nSPS) is 14.8. The molecule has 0 radical (unpaired) electrons. The summed E-state index contributed by atoms with van der Waals surface area (Å²) >= 11 is 1.23. The van der Waals surface area contributed by atoms with E-state index in [4.69, 9.17) is 13.9 Å². The topological polar surface area (TPSA) is 86.5 Å². The van der Waals surface area contributed by atoms with Gasteiger partial charge in [0.2, 0.25) is 5.91 Å². The zero-order chi connectivity index (χ0) is 18.2. The summed E-state index contributed by atoms with van der Waals surface area (Å²) in [6.45, 7) is 0.141. The number of nitrogens with one attached hydrogen (secondary N) is 1. The first-order valence-electron chi connectivity index (χ1n) is 8.75. The van der Waals surface area contributed by atoms with Crippen molar-refractivity contribution < 1.29 is 18.7 Å². The van der Waals surface area contributed by atoms with Crippen LogP contribution in [0, 0.1) is 0 Å². The molecule has 1 aromatic heterocycles. The molecule has 0 spiro atoms. The van der Waals surface area contributed by atoms with E-state index in [1.807, 2.05) is 18.2 Å². The number of benzene rings is 1. The van der Waals surface area contributed by atoms with Crippen molar-refractivity contribution in [2.24, 2.45) is 0 Å². The Balaban J connectivity index is 1.43. The quantitative estimate of drug-likeness (QED) is 0.707. The van der Waals surface area contributed by atoms with Crippen molar-refractivity contribution in [1.82, 2.24) is 15.5 Å².